The van der Waals surface area contributed by atoms with E-state index in [1.807, 2.05) is 0 Å². The first kappa shape index (κ1) is 19.2. The summed E-state index contributed by atoms with van der Waals surface area (Å²) >= 11 is 0. The van der Waals surface area contributed by atoms with Gasteiger partial charge in [-0.05, 0) is 36.2 Å². The van der Waals surface area contributed by atoms with Crippen LogP contribution in [0.15, 0.2) is 42.5 Å². The minimum atomic E-state index is -5.00. The predicted molar refractivity (Wildman–Crippen MR) is 88.0 cm³/mol. The Balaban J connectivity index is 2.59. The van der Waals surface area contributed by atoms with Gasteiger partial charge in [-0.25, -0.2) is 4.57 Å². The van der Waals surface area contributed by atoms with Crippen molar-refractivity contribution >= 4 is 7.82 Å². The fraction of sp³-hybridized carbons (Fsp3) is 0.250. The molecule has 9 heteroatoms. The number of hydrogen-bond acceptors (Lipinski definition) is 6. The third-order valence-corrected chi connectivity index (χ3v) is 4.19. The molecule has 2 rings (SSSR count). The zero-order valence-corrected chi connectivity index (χ0v) is 14.2. The maximum absolute atomic E-state index is 11.1. The van der Waals surface area contributed by atoms with E-state index in [1.54, 1.807) is 13.0 Å². The Labute approximate surface area is 143 Å². The van der Waals surface area contributed by atoms with Crippen LogP contribution in [0.5, 0.6) is 17.2 Å². The third kappa shape index (κ3) is 4.31. The molecule has 0 aromatic heterocycles. The summed E-state index contributed by atoms with van der Waals surface area (Å²) in [7, 11) is -5.00. The molecule has 0 fully saturated rings. The highest BCUT2D eigenvalue weighted by molar-refractivity contribution is 7.46. The molecule has 0 heterocycles. The monoisotopic (exact) mass is 370 g/mol. The number of phenols is 2. The number of aromatic hydroxyl groups is 2. The summed E-state index contributed by atoms with van der Waals surface area (Å²) < 4.78 is 15.6. The number of phosphoric ester groups is 1. The van der Waals surface area contributed by atoms with E-state index in [9.17, 15) is 25.0 Å². The van der Waals surface area contributed by atoms with Gasteiger partial charge in [-0.3, -0.25) is 9.79 Å². The van der Waals surface area contributed by atoms with E-state index in [0.29, 0.717) is 5.56 Å². The number of phosphoric acid groups is 1. The van der Waals surface area contributed by atoms with Gasteiger partial charge in [-0.2, -0.15) is 0 Å². The molecule has 2 aromatic carbocycles. The number of hydrogen-bond donors (Lipinski definition) is 6. The highest BCUT2D eigenvalue weighted by atomic mass is 31.2. The molecule has 0 aliphatic rings. The Morgan fingerprint density at radius 3 is 2.32 bits per heavy atom. The largest absolute Gasteiger partial charge is 0.524 e. The molecule has 1 atom stereocenters. The van der Waals surface area contributed by atoms with E-state index in [2.05, 4.69) is 4.52 Å². The van der Waals surface area contributed by atoms with Crippen LogP contribution in [-0.4, -0.2) is 30.2 Å². The summed E-state index contributed by atoms with van der Waals surface area (Å²) in [6.07, 6.45) is 0.181. The Morgan fingerprint density at radius 2 is 1.76 bits per heavy atom. The third-order valence-electron chi connectivity index (χ3n) is 3.76. The highest BCUT2D eigenvalue weighted by Gasteiger charge is 2.42. The molecule has 0 spiro atoms. The Hall–Kier alpha value is -2.09. The summed E-state index contributed by atoms with van der Waals surface area (Å²) in [5, 5.41) is 41.1. The highest BCUT2D eigenvalue weighted by Crippen LogP contribution is 2.49. The van der Waals surface area contributed by atoms with Crippen molar-refractivity contribution in [2.75, 3.05) is 0 Å². The van der Waals surface area contributed by atoms with Crippen LogP contribution in [0.1, 0.15) is 30.4 Å². The second-order valence-electron chi connectivity index (χ2n) is 5.51. The summed E-state index contributed by atoms with van der Waals surface area (Å²) in [4.78, 5) is 18.0. The zero-order chi connectivity index (χ0) is 18.8. The Kier molecular flexibility index (Phi) is 5.41. The van der Waals surface area contributed by atoms with Crippen LogP contribution in [0.3, 0.4) is 0 Å². The average Bonchev–Trinajstić information content (AvgIpc) is 2.45. The van der Waals surface area contributed by atoms with Gasteiger partial charge in [0.15, 0.2) is 0 Å². The second-order valence-corrected chi connectivity index (χ2v) is 6.68. The van der Waals surface area contributed by atoms with Gasteiger partial charge in [-0.15, -0.1) is 0 Å². The molecule has 25 heavy (non-hydrogen) atoms. The molecule has 0 amide bonds. The smallest absolute Gasteiger partial charge is 0.508 e. The zero-order valence-electron chi connectivity index (χ0n) is 13.3. The van der Waals surface area contributed by atoms with Crippen molar-refractivity contribution in [1.82, 2.24) is 0 Å². The quantitative estimate of drug-likeness (QED) is 0.334. The predicted octanol–water partition coefficient (Wildman–Crippen LogP) is 1.90. The van der Waals surface area contributed by atoms with Crippen LogP contribution in [0.25, 0.3) is 0 Å². The minimum absolute atomic E-state index is 0.0873. The molecule has 0 radical (unpaired) electrons. The average molecular weight is 370 g/mol. The van der Waals surface area contributed by atoms with Gasteiger partial charge in [0.1, 0.15) is 17.2 Å². The van der Waals surface area contributed by atoms with Gasteiger partial charge in [0.25, 0.3) is 0 Å². The SMILES string of the molecule is CCC(c1cccc(O)c1)C(O)(O)c1c(O)cccc1OP(=O)(O)O. The molecule has 136 valence electrons. The summed E-state index contributed by atoms with van der Waals surface area (Å²) in [6.45, 7) is 1.65. The van der Waals surface area contributed by atoms with Gasteiger partial charge in [-0.1, -0.05) is 25.1 Å². The number of benzene rings is 2. The topological polar surface area (TPSA) is 148 Å². The van der Waals surface area contributed by atoms with E-state index in [1.165, 1.54) is 24.3 Å². The molecule has 0 saturated carbocycles. The molecule has 0 aliphatic heterocycles. The fourth-order valence-electron chi connectivity index (χ4n) is 2.76. The van der Waals surface area contributed by atoms with Crippen LogP contribution in [0.2, 0.25) is 0 Å². The van der Waals surface area contributed by atoms with Gasteiger partial charge in [0.05, 0.1) is 5.56 Å². The molecule has 0 saturated heterocycles. The van der Waals surface area contributed by atoms with Crippen LogP contribution in [0, 0.1) is 0 Å². The first-order valence-corrected chi connectivity index (χ1v) is 8.90. The van der Waals surface area contributed by atoms with Crippen molar-refractivity contribution < 1.29 is 39.3 Å². The van der Waals surface area contributed by atoms with Crippen molar-refractivity contribution in [3.05, 3.63) is 53.6 Å². The van der Waals surface area contributed by atoms with Crippen molar-refractivity contribution in [1.29, 1.82) is 0 Å². The van der Waals surface area contributed by atoms with E-state index >= 15 is 0 Å². The van der Waals surface area contributed by atoms with Crippen molar-refractivity contribution in [3.63, 3.8) is 0 Å². The maximum atomic E-state index is 11.1. The molecule has 8 nitrogen and oxygen atoms in total. The Bertz CT molecular complexity index is 798. The summed E-state index contributed by atoms with van der Waals surface area (Å²) in [5.41, 5.74) is -0.216. The van der Waals surface area contributed by atoms with Crippen molar-refractivity contribution in [2.24, 2.45) is 0 Å². The minimum Gasteiger partial charge on any atom is -0.508 e. The lowest BCUT2D eigenvalue weighted by Crippen LogP contribution is -2.33. The Morgan fingerprint density at radius 1 is 1.12 bits per heavy atom. The molecule has 6 N–H and O–H groups in total. The van der Waals surface area contributed by atoms with E-state index < -0.39 is 36.6 Å². The number of aliphatic hydroxyl groups is 2. The first-order valence-electron chi connectivity index (χ1n) is 7.37. The molecular weight excluding hydrogens is 351 g/mol. The van der Waals surface area contributed by atoms with Crippen LogP contribution >= 0.6 is 7.82 Å². The molecule has 0 aliphatic carbocycles. The van der Waals surface area contributed by atoms with Gasteiger partial charge in [0.2, 0.25) is 5.79 Å². The number of rotatable bonds is 6. The number of phenolic OH excluding ortho intramolecular Hbond substituents is 2. The lowest BCUT2D eigenvalue weighted by Gasteiger charge is -2.33. The summed E-state index contributed by atoms with van der Waals surface area (Å²) in [5.74, 6) is -4.99. The van der Waals surface area contributed by atoms with Crippen LogP contribution in [0.4, 0.5) is 0 Å². The fourth-order valence-corrected chi connectivity index (χ4v) is 3.17. The molecule has 1 unspecified atom stereocenters. The lowest BCUT2D eigenvalue weighted by molar-refractivity contribution is -0.190. The molecular formula is C16H19O8P. The van der Waals surface area contributed by atoms with Gasteiger partial charge < -0.3 is 24.9 Å². The second kappa shape index (κ2) is 7.03. The van der Waals surface area contributed by atoms with Gasteiger partial charge >= 0.3 is 7.82 Å². The summed E-state index contributed by atoms with van der Waals surface area (Å²) in [6, 6.07) is 9.30. The molecule has 2 aromatic rings. The normalized spacial score (nSPS) is 13.5. The van der Waals surface area contributed by atoms with Crippen LogP contribution < -0.4 is 4.52 Å². The molecule has 0 bridgehead atoms. The first-order chi connectivity index (χ1) is 11.6. The van der Waals surface area contributed by atoms with Crippen molar-refractivity contribution in [2.45, 2.75) is 25.0 Å². The van der Waals surface area contributed by atoms with E-state index in [0.717, 1.165) is 12.1 Å². The van der Waals surface area contributed by atoms with Gasteiger partial charge in [0, 0.05) is 5.92 Å². The lowest BCUT2D eigenvalue weighted by atomic mass is 9.83. The van der Waals surface area contributed by atoms with E-state index in [4.69, 9.17) is 9.79 Å². The standard InChI is InChI=1S/C16H19O8P/c1-2-12(10-5-3-6-11(17)9-10)16(19,20)15-13(18)7-4-8-14(15)24-25(21,22)23/h3-9,12,17-20H,2H2,1H3,(H2,21,22,23). The van der Waals surface area contributed by atoms with E-state index in [-0.39, 0.29) is 12.2 Å². The maximum Gasteiger partial charge on any atom is 0.524 e. The van der Waals surface area contributed by atoms with Crippen LogP contribution in [-0.2, 0) is 10.4 Å². The van der Waals surface area contributed by atoms with Crippen molar-refractivity contribution in [3.8, 4) is 17.2 Å².